The number of likely N-dealkylation sites (tertiary alicyclic amines) is 1. The molecule has 2 amide bonds. The van der Waals surface area contributed by atoms with E-state index in [2.05, 4.69) is 27.4 Å². The van der Waals surface area contributed by atoms with Crippen molar-refractivity contribution in [2.24, 2.45) is 11.8 Å². The zero-order chi connectivity index (χ0) is 29.1. The maximum Gasteiger partial charge on any atom is 0.279 e. The summed E-state index contributed by atoms with van der Waals surface area (Å²) in [5, 5.41) is 13.1. The number of aliphatic hydroxyl groups excluding tert-OH is 1. The van der Waals surface area contributed by atoms with Crippen LogP contribution in [-0.2, 0) is 20.9 Å². The number of aliphatic hydroxyl groups is 1. The number of amides is 2. The van der Waals surface area contributed by atoms with E-state index in [9.17, 15) is 19.5 Å². The number of fused-ring (bicyclic) bond motifs is 1. The number of ether oxygens (including phenoxy) is 1. The first-order chi connectivity index (χ1) is 20.4. The van der Waals surface area contributed by atoms with Crippen molar-refractivity contribution >= 4 is 28.7 Å². The Morgan fingerprint density at radius 1 is 1.02 bits per heavy atom. The molecule has 1 aliphatic carbocycles. The van der Waals surface area contributed by atoms with Crippen molar-refractivity contribution in [3.05, 3.63) is 64.7 Å². The molecule has 222 valence electrons. The van der Waals surface area contributed by atoms with Crippen LogP contribution >= 0.6 is 0 Å². The number of hydrogen-bond donors (Lipinski definition) is 2. The number of pyridine rings is 1. The van der Waals surface area contributed by atoms with Crippen molar-refractivity contribution in [1.82, 2.24) is 19.4 Å². The van der Waals surface area contributed by atoms with Crippen LogP contribution in [0, 0.1) is 11.8 Å². The van der Waals surface area contributed by atoms with Gasteiger partial charge in [0.1, 0.15) is 5.82 Å². The smallest absolute Gasteiger partial charge is 0.279 e. The Bertz CT molecular complexity index is 1460. The maximum atomic E-state index is 13.6. The number of benzene rings is 1. The fourth-order valence-electron chi connectivity index (χ4n) is 6.80. The first-order valence-electron chi connectivity index (χ1n) is 15.2. The lowest BCUT2D eigenvalue weighted by Gasteiger charge is -2.39. The second-order valence-electron chi connectivity index (χ2n) is 12.0. The first kappa shape index (κ1) is 28.5. The van der Waals surface area contributed by atoms with E-state index in [4.69, 9.17) is 4.74 Å². The standard InChI is InChI=1S/C32H39N5O5/c38-23-8-9-25(26(17-23)22-5-2-1-3-6-22)31(40)36-14-12-21(13-15-36)19-37-20-33-27-10-11-28(35-30(27)32(37)41)34-29(39)18-24-7-4-16-42-24/h1-3,5-6,10-11,20-21,23-26,38H,4,7-9,12-19H2,(H,34,35,39). The zero-order valence-corrected chi connectivity index (χ0v) is 23.9. The van der Waals surface area contributed by atoms with Crippen LogP contribution in [0.25, 0.3) is 11.0 Å². The number of rotatable bonds is 7. The molecule has 2 saturated heterocycles. The lowest BCUT2D eigenvalue weighted by Crippen LogP contribution is -2.45. The van der Waals surface area contributed by atoms with Crippen LogP contribution in [0.15, 0.2) is 53.6 Å². The summed E-state index contributed by atoms with van der Waals surface area (Å²) >= 11 is 0. The summed E-state index contributed by atoms with van der Waals surface area (Å²) < 4.78 is 7.14. The van der Waals surface area contributed by atoms with Crippen LogP contribution in [0.4, 0.5) is 5.82 Å². The highest BCUT2D eigenvalue weighted by molar-refractivity contribution is 5.91. The number of nitrogens with zero attached hydrogens (tertiary/aromatic N) is 4. The van der Waals surface area contributed by atoms with Gasteiger partial charge in [0.15, 0.2) is 5.52 Å². The Hall–Kier alpha value is -3.63. The number of hydrogen-bond acceptors (Lipinski definition) is 7. The third-order valence-electron chi connectivity index (χ3n) is 9.13. The van der Waals surface area contributed by atoms with Gasteiger partial charge in [-0.2, -0.15) is 0 Å². The third kappa shape index (κ3) is 6.39. The first-order valence-corrected chi connectivity index (χ1v) is 15.2. The Kier molecular flexibility index (Phi) is 8.62. The van der Waals surface area contributed by atoms with E-state index in [0.29, 0.717) is 56.8 Å². The molecule has 3 fully saturated rings. The van der Waals surface area contributed by atoms with Gasteiger partial charge in [-0.1, -0.05) is 30.3 Å². The van der Waals surface area contributed by atoms with Gasteiger partial charge in [-0.15, -0.1) is 0 Å². The van der Waals surface area contributed by atoms with Crippen LogP contribution in [0.2, 0.25) is 0 Å². The molecule has 4 heterocycles. The number of carbonyl (C=O) groups is 2. The Balaban J connectivity index is 1.08. The fraction of sp³-hybridized carbons (Fsp3) is 0.531. The molecule has 42 heavy (non-hydrogen) atoms. The number of piperidine rings is 1. The minimum absolute atomic E-state index is 0.0284. The summed E-state index contributed by atoms with van der Waals surface area (Å²) in [6.45, 7) is 2.49. The molecular formula is C32H39N5O5. The van der Waals surface area contributed by atoms with Crippen LogP contribution in [0.5, 0.6) is 0 Å². The monoisotopic (exact) mass is 573 g/mol. The van der Waals surface area contributed by atoms with Gasteiger partial charge in [-0.3, -0.25) is 19.0 Å². The fourth-order valence-corrected chi connectivity index (χ4v) is 6.80. The molecule has 1 saturated carbocycles. The van der Waals surface area contributed by atoms with E-state index in [1.54, 1.807) is 23.0 Å². The Morgan fingerprint density at radius 3 is 2.60 bits per heavy atom. The van der Waals surface area contributed by atoms with Crippen molar-refractivity contribution in [2.75, 3.05) is 25.0 Å². The Morgan fingerprint density at radius 2 is 1.83 bits per heavy atom. The van der Waals surface area contributed by atoms with E-state index in [-0.39, 0.29) is 59.3 Å². The van der Waals surface area contributed by atoms with Crippen LogP contribution < -0.4 is 10.9 Å². The van der Waals surface area contributed by atoms with E-state index in [1.807, 2.05) is 23.1 Å². The largest absolute Gasteiger partial charge is 0.393 e. The quantitative estimate of drug-likeness (QED) is 0.443. The minimum Gasteiger partial charge on any atom is -0.393 e. The van der Waals surface area contributed by atoms with E-state index in [1.165, 1.54) is 0 Å². The normalized spacial score (nSPS) is 25.0. The highest BCUT2D eigenvalue weighted by Gasteiger charge is 2.38. The molecule has 0 radical (unpaired) electrons. The second kappa shape index (κ2) is 12.7. The average Bonchev–Trinajstić information content (AvgIpc) is 3.52. The van der Waals surface area contributed by atoms with Gasteiger partial charge in [0.05, 0.1) is 30.5 Å². The molecule has 1 aromatic carbocycles. The van der Waals surface area contributed by atoms with Crippen molar-refractivity contribution in [3.63, 3.8) is 0 Å². The van der Waals surface area contributed by atoms with Gasteiger partial charge in [0.2, 0.25) is 11.8 Å². The zero-order valence-electron chi connectivity index (χ0n) is 23.9. The molecule has 3 aliphatic rings. The van der Waals surface area contributed by atoms with E-state index >= 15 is 0 Å². The summed E-state index contributed by atoms with van der Waals surface area (Å²) in [7, 11) is 0. The molecule has 10 nitrogen and oxygen atoms in total. The summed E-state index contributed by atoms with van der Waals surface area (Å²) in [6, 6.07) is 13.4. The number of carbonyl (C=O) groups excluding carboxylic acids is 2. The topological polar surface area (TPSA) is 127 Å². The third-order valence-corrected chi connectivity index (χ3v) is 9.13. The predicted octanol–water partition coefficient (Wildman–Crippen LogP) is 3.48. The molecule has 2 aliphatic heterocycles. The number of nitrogens with one attached hydrogen (secondary N) is 1. The van der Waals surface area contributed by atoms with E-state index < -0.39 is 0 Å². The summed E-state index contributed by atoms with van der Waals surface area (Å²) in [6.07, 6.45) is 6.81. The molecule has 6 rings (SSSR count). The highest BCUT2D eigenvalue weighted by atomic mass is 16.5. The molecule has 0 bridgehead atoms. The van der Waals surface area contributed by atoms with Crippen molar-refractivity contribution in [1.29, 1.82) is 0 Å². The summed E-state index contributed by atoms with van der Waals surface area (Å²) in [5.41, 5.74) is 1.60. The number of aromatic nitrogens is 3. The molecule has 10 heteroatoms. The van der Waals surface area contributed by atoms with Crippen LogP contribution in [0.3, 0.4) is 0 Å². The van der Waals surface area contributed by atoms with Crippen molar-refractivity contribution < 1.29 is 19.4 Å². The van der Waals surface area contributed by atoms with Gasteiger partial charge in [-0.25, -0.2) is 9.97 Å². The summed E-state index contributed by atoms with van der Waals surface area (Å²) in [5.74, 6) is 0.471. The number of anilines is 1. The average molecular weight is 574 g/mol. The van der Waals surface area contributed by atoms with Crippen LogP contribution in [-0.4, -0.2) is 68.3 Å². The van der Waals surface area contributed by atoms with E-state index in [0.717, 1.165) is 31.2 Å². The Labute approximate surface area is 245 Å². The molecule has 4 atom stereocenters. The lowest BCUT2D eigenvalue weighted by atomic mass is 9.73. The molecule has 2 N–H and O–H groups in total. The minimum atomic E-state index is -0.368. The van der Waals surface area contributed by atoms with Gasteiger partial charge < -0.3 is 20.1 Å². The van der Waals surface area contributed by atoms with Crippen molar-refractivity contribution in [3.8, 4) is 0 Å². The molecule has 0 spiro atoms. The van der Waals surface area contributed by atoms with Crippen LogP contribution in [0.1, 0.15) is 62.8 Å². The van der Waals surface area contributed by atoms with Crippen molar-refractivity contribution in [2.45, 2.75) is 76.0 Å². The summed E-state index contributed by atoms with van der Waals surface area (Å²) in [4.78, 5) is 50.3. The second-order valence-corrected chi connectivity index (χ2v) is 12.0. The molecule has 2 aromatic heterocycles. The van der Waals surface area contributed by atoms with Gasteiger partial charge in [-0.05, 0) is 74.5 Å². The van der Waals surface area contributed by atoms with Gasteiger partial charge in [0, 0.05) is 32.2 Å². The molecule has 4 unspecified atom stereocenters. The highest BCUT2D eigenvalue weighted by Crippen LogP contribution is 2.39. The maximum absolute atomic E-state index is 13.6. The van der Waals surface area contributed by atoms with Gasteiger partial charge in [0.25, 0.3) is 5.56 Å². The lowest BCUT2D eigenvalue weighted by molar-refractivity contribution is -0.139. The SMILES string of the molecule is O=C(CC1CCCO1)Nc1ccc2ncn(CC3CCN(C(=O)C4CCC(O)CC4c4ccccc4)CC3)c(=O)c2n1. The predicted molar refractivity (Wildman–Crippen MR) is 158 cm³/mol. The van der Waals surface area contributed by atoms with Gasteiger partial charge >= 0.3 is 0 Å². The molecule has 3 aromatic rings. The molecular weight excluding hydrogens is 534 g/mol.